The van der Waals surface area contributed by atoms with E-state index < -0.39 is 5.97 Å². The summed E-state index contributed by atoms with van der Waals surface area (Å²) >= 11 is 0. The zero-order valence-corrected chi connectivity index (χ0v) is 11.6. The van der Waals surface area contributed by atoms with Gasteiger partial charge in [-0.15, -0.1) is 0 Å². The highest BCUT2D eigenvalue weighted by atomic mass is 16.5. The number of methoxy groups -OCH3 is 2. The van der Waals surface area contributed by atoms with Gasteiger partial charge in [-0.05, 0) is 6.42 Å². The van der Waals surface area contributed by atoms with Crippen LogP contribution in [0.2, 0.25) is 0 Å². The third-order valence-corrected chi connectivity index (χ3v) is 2.61. The molecule has 1 N–H and O–H groups in total. The first kappa shape index (κ1) is 15.7. The third kappa shape index (κ3) is 3.81. The molecule has 1 aromatic rings. The average molecular weight is 283 g/mol. The molecule has 0 radical (unpaired) electrons. The number of nitrogens with zero attached hydrogens (tertiary/aromatic N) is 3. The van der Waals surface area contributed by atoms with E-state index >= 15 is 0 Å². The molecular weight excluding hydrogens is 266 g/mol. The fourth-order valence-corrected chi connectivity index (χ4v) is 1.61. The molecule has 0 aliphatic heterocycles. The van der Waals surface area contributed by atoms with Crippen LogP contribution in [0, 0.1) is 0 Å². The number of carboxylic acids is 1. The zero-order chi connectivity index (χ0) is 15.1. The highest BCUT2D eigenvalue weighted by Crippen LogP contribution is 2.24. The van der Waals surface area contributed by atoms with Gasteiger partial charge in [-0.1, -0.05) is 0 Å². The fourth-order valence-electron chi connectivity index (χ4n) is 1.61. The number of carbonyl (C=O) groups excluding carboxylic acids is 1. The minimum atomic E-state index is -0.899. The maximum atomic E-state index is 12.3. The summed E-state index contributed by atoms with van der Waals surface area (Å²) in [5.74, 6) is -1.05. The molecule has 0 atom stereocenters. The van der Waals surface area contributed by atoms with Crippen molar-refractivity contribution in [2.45, 2.75) is 12.8 Å². The largest absolute Gasteiger partial charge is 0.481 e. The zero-order valence-electron chi connectivity index (χ0n) is 11.6. The summed E-state index contributed by atoms with van der Waals surface area (Å²) in [5.41, 5.74) is 0.121. The lowest BCUT2D eigenvalue weighted by Gasteiger charge is -2.18. The van der Waals surface area contributed by atoms with Crippen LogP contribution in [0.15, 0.2) is 6.33 Å². The molecule has 1 rings (SSSR count). The molecule has 110 valence electrons. The van der Waals surface area contributed by atoms with Crippen LogP contribution in [0.5, 0.6) is 11.8 Å². The lowest BCUT2D eigenvalue weighted by atomic mass is 10.2. The van der Waals surface area contributed by atoms with E-state index in [0.717, 1.165) is 0 Å². The Morgan fingerprint density at radius 1 is 1.25 bits per heavy atom. The Morgan fingerprint density at radius 2 is 1.80 bits per heavy atom. The molecule has 0 saturated carbocycles. The van der Waals surface area contributed by atoms with E-state index in [4.69, 9.17) is 14.6 Å². The number of aliphatic carboxylic acids is 1. The number of ether oxygens (including phenoxy) is 2. The van der Waals surface area contributed by atoms with Crippen LogP contribution in [0.3, 0.4) is 0 Å². The molecule has 1 aromatic heterocycles. The highest BCUT2D eigenvalue weighted by Gasteiger charge is 2.23. The van der Waals surface area contributed by atoms with Crippen molar-refractivity contribution in [1.29, 1.82) is 0 Å². The number of hydrogen-bond acceptors (Lipinski definition) is 6. The summed E-state index contributed by atoms with van der Waals surface area (Å²) in [4.78, 5) is 31.9. The van der Waals surface area contributed by atoms with Crippen LogP contribution in [-0.2, 0) is 4.79 Å². The van der Waals surface area contributed by atoms with E-state index in [2.05, 4.69) is 9.97 Å². The van der Waals surface area contributed by atoms with Crippen LogP contribution in [0.25, 0.3) is 0 Å². The first-order chi connectivity index (χ1) is 9.51. The summed E-state index contributed by atoms with van der Waals surface area (Å²) in [7, 11) is 4.35. The summed E-state index contributed by atoms with van der Waals surface area (Å²) in [5, 5.41) is 8.58. The normalized spacial score (nSPS) is 9.95. The van der Waals surface area contributed by atoms with Gasteiger partial charge in [-0.2, -0.15) is 0 Å². The number of rotatable bonds is 7. The summed E-state index contributed by atoms with van der Waals surface area (Å²) in [6, 6.07) is 0. The van der Waals surface area contributed by atoms with E-state index in [-0.39, 0.29) is 29.7 Å². The smallest absolute Gasteiger partial charge is 0.303 e. The second-order valence-electron chi connectivity index (χ2n) is 3.99. The molecule has 1 heterocycles. The topological polar surface area (TPSA) is 102 Å². The fraction of sp³-hybridized carbons (Fsp3) is 0.500. The van der Waals surface area contributed by atoms with Gasteiger partial charge in [0.25, 0.3) is 5.91 Å². The van der Waals surface area contributed by atoms with Crippen molar-refractivity contribution in [1.82, 2.24) is 14.9 Å². The second kappa shape index (κ2) is 7.27. The van der Waals surface area contributed by atoms with Gasteiger partial charge in [0.1, 0.15) is 6.33 Å². The summed E-state index contributed by atoms with van der Waals surface area (Å²) in [6.45, 7) is 0.298. The average Bonchev–Trinajstić information content (AvgIpc) is 2.44. The molecule has 20 heavy (non-hydrogen) atoms. The first-order valence-corrected chi connectivity index (χ1v) is 5.91. The quantitative estimate of drug-likeness (QED) is 0.774. The Bertz CT molecular complexity index is 470. The molecule has 0 unspecified atom stereocenters. The Morgan fingerprint density at radius 3 is 2.25 bits per heavy atom. The Labute approximate surface area is 116 Å². The molecule has 0 spiro atoms. The van der Waals surface area contributed by atoms with Gasteiger partial charge in [0.2, 0.25) is 11.8 Å². The monoisotopic (exact) mass is 283 g/mol. The number of carboxylic acid groups (broad SMARTS) is 1. The highest BCUT2D eigenvalue weighted by molar-refractivity contribution is 5.98. The van der Waals surface area contributed by atoms with E-state index in [1.54, 1.807) is 7.05 Å². The predicted octanol–water partition coefficient (Wildman–Crippen LogP) is 0.431. The minimum absolute atomic E-state index is 0.00280. The third-order valence-electron chi connectivity index (χ3n) is 2.61. The molecule has 0 saturated heterocycles. The van der Waals surface area contributed by atoms with E-state index in [1.165, 1.54) is 25.4 Å². The standard InChI is InChI=1S/C12H17N3O5/c1-15(6-4-5-8(16)17)12(18)9-10(19-2)13-7-14-11(9)20-3/h7H,4-6H2,1-3H3,(H,16,17). The molecule has 0 aliphatic carbocycles. The van der Waals surface area contributed by atoms with Crippen molar-refractivity contribution in [3.8, 4) is 11.8 Å². The van der Waals surface area contributed by atoms with E-state index in [9.17, 15) is 9.59 Å². The van der Waals surface area contributed by atoms with Gasteiger partial charge >= 0.3 is 5.97 Å². The van der Waals surface area contributed by atoms with Gasteiger partial charge < -0.3 is 19.5 Å². The maximum absolute atomic E-state index is 12.3. The number of aromatic nitrogens is 2. The minimum Gasteiger partial charge on any atom is -0.481 e. The molecular formula is C12H17N3O5. The molecule has 0 aromatic carbocycles. The van der Waals surface area contributed by atoms with Crippen LogP contribution in [-0.4, -0.2) is 59.7 Å². The van der Waals surface area contributed by atoms with E-state index in [0.29, 0.717) is 13.0 Å². The number of amides is 1. The van der Waals surface area contributed by atoms with Crippen LogP contribution < -0.4 is 9.47 Å². The molecule has 0 bridgehead atoms. The van der Waals surface area contributed by atoms with Crippen molar-refractivity contribution in [3.63, 3.8) is 0 Å². The van der Waals surface area contributed by atoms with Crippen molar-refractivity contribution in [2.24, 2.45) is 0 Å². The molecule has 8 nitrogen and oxygen atoms in total. The van der Waals surface area contributed by atoms with E-state index in [1.807, 2.05) is 0 Å². The van der Waals surface area contributed by atoms with Gasteiger partial charge in [-0.25, -0.2) is 9.97 Å². The summed E-state index contributed by atoms with van der Waals surface area (Å²) in [6.07, 6.45) is 1.59. The van der Waals surface area contributed by atoms with Crippen molar-refractivity contribution >= 4 is 11.9 Å². The van der Waals surface area contributed by atoms with Crippen LogP contribution >= 0.6 is 0 Å². The number of carbonyl (C=O) groups is 2. The SMILES string of the molecule is COc1ncnc(OC)c1C(=O)N(C)CCCC(=O)O. The van der Waals surface area contributed by atoms with Crippen LogP contribution in [0.1, 0.15) is 23.2 Å². The molecule has 8 heteroatoms. The Hall–Kier alpha value is -2.38. The molecule has 0 aliphatic rings. The van der Waals surface area contributed by atoms with Gasteiger partial charge in [0.05, 0.1) is 14.2 Å². The van der Waals surface area contributed by atoms with Crippen molar-refractivity contribution in [2.75, 3.05) is 27.8 Å². The van der Waals surface area contributed by atoms with Gasteiger partial charge in [0.15, 0.2) is 5.56 Å². The maximum Gasteiger partial charge on any atom is 0.303 e. The lowest BCUT2D eigenvalue weighted by molar-refractivity contribution is -0.137. The van der Waals surface area contributed by atoms with Gasteiger partial charge in [0, 0.05) is 20.0 Å². The van der Waals surface area contributed by atoms with Gasteiger partial charge in [-0.3, -0.25) is 9.59 Å². The predicted molar refractivity (Wildman–Crippen MR) is 69.0 cm³/mol. The lowest BCUT2D eigenvalue weighted by Crippen LogP contribution is -2.29. The summed E-state index contributed by atoms with van der Waals surface area (Å²) < 4.78 is 10.1. The molecule has 0 fully saturated rings. The van der Waals surface area contributed by atoms with Crippen molar-refractivity contribution in [3.05, 3.63) is 11.9 Å². The molecule has 1 amide bonds. The second-order valence-corrected chi connectivity index (χ2v) is 3.99. The Kier molecular flexibility index (Phi) is 5.70. The Balaban J connectivity index is 2.87. The first-order valence-electron chi connectivity index (χ1n) is 5.91. The van der Waals surface area contributed by atoms with Crippen LogP contribution in [0.4, 0.5) is 0 Å². The van der Waals surface area contributed by atoms with Crippen molar-refractivity contribution < 1.29 is 24.2 Å². The number of hydrogen-bond donors (Lipinski definition) is 1.